The van der Waals surface area contributed by atoms with Crippen molar-refractivity contribution in [1.29, 1.82) is 0 Å². The van der Waals surface area contributed by atoms with Crippen LogP contribution in [0.1, 0.15) is 27.0 Å². The molecule has 4 heteroatoms. The molecule has 1 amide bonds. The lowest BCUT2D eigenvalue weighted by Gasteiger charge is -2.03. The van der Waals surface area contributed by atoms with Crippen LogP contribution < -0.4 is 5.32 Å². The first-order chi connectivity index (χ1) is 11.1. The summed E-state index contributed by atoms with van der Waals surface area (Å²) in [7, 11) is 0. The molecular weight excluding hydrogens is 286 g/mol. The molecule has 0 aliphatic heterocycles. The standard InChI is InChI=1S/C19H19N3O/c1-14-3-7-16(8-4-14)12-22-13-18(11-20-22)21-19(23)17-9-5-15(2)6-10-17/h3-11,13H,12H2,1-2H3,(H,21,23). The van der Waals surface area contributed by atoms with Crippen LogP contribution in [0, 0.1) is 13.8 Å². The van der Waals surface area contributed by atoms with Gasteiger partial charge in [0, 0.05) is 11.8 Å². The van der Waals surface area contributed by atoms with Gasteiger partial charge in [0.25, 0.3) is 5.91 Å². The van der Waals surface area contributed by atoms with Crippen LogP contribution >= 0.6 is 0 Å². The minimum Gasteiger partial charge on any atom is -0.319 e. The van der Waals surface area contributed by atoms with Gasteiger partial charge in [0.2, 0.25) is 0 Å². The van der Waals surface area contributed by atoms with Crippen LogP contribution in [0.5, 0.6) is 0 Å². The van der Waals surface area contributed by atoms with Gasteiger partial charge in [-0.3, -0.25) is 9.48 Å². The highest BCUT2D eigenvalue weighted by molar-refractivity contribution is 6.04. The van der Waals surface area contributed by atoms with E-state index in [0.717, 1.165) is 5.56 Å². The number of hydrogen-bond acceptors (Lipinski definition) is 2. The first-order valence-corrected chi connectivity index (χ1v) is 7.56. The Bertz CT molecular complexity index is 801. The van der Waals surface area contributed by atoms with E-state index in [1.54, 1.807) is 6.20 Å². The zero-order valence-electron chi connectivity index (χ0n) is 13.3. The first kappa shape index (κ1) is 15.0. The minimum atomic E-state index is -0.125. The van der Waals surface area contributed by atoms with Crippen molar-refractivity contribution in [2.45, 2.75) is 20.4 Å². The van der Waals surface area contributed by atoms with Gasteiger partial charge in [-0.2, -0.15) is 5.10 Å². The molecule has 3 rings (SSSR count). The Kier molecular flexibility index (Phi) is 4.24. The average Bonchev–Trinajstić information content (AvgIpc) is 2.97. The molecule has 1 heterocycles. The molecule has 0 aliphatic rings. The molecule has 116 valence electrons. The number of aryl methyl sites for hydroxylation is 2. The molecular formula is C19H19N3O. The number of nitrogens with zero attached hydrogens (tertiary/aromatic N) is 2. The van der Waals surface area contributed by atoms with Gasteiger partial charge in [0.1, 0.15) is 0 Å². The highest BCUT2D eigenvalue weighted by Crippen LogP contribution is 2.11. The van der Waals surface area contributed by atoms with Gasteiger partial charge in [-0.1, -0.05) is 47.5 Å². The first-order valence-electron chi connectivity index (χ1n) is 7.56. The summed E-state index contributed by atoms with van der Waals surface area (Å²) < 4.78 is 1.81. The number of nitrogens with one attached hydrogen (secondary N) is 1. The van der Waals surface area contributed by atoms with Crippen molar-refractivity contribution in [2.75, 3.05) is 5.32 Å². The number of carbonyl (C=O) groups excluding carboxylic acids is 1. The maximum Gasteiger partial charge on any atom is 0.255 e. The quantitative estimate of drug-likeness (QED) is 0.797. The number of carbonyl (C=O) groups is 1. The fourth-order valence-corrected chi connectivity index (χ4v) is 2.30. The topological polar surface area (TPSA) is 46.9 Å². The molecule has 0 saturated heterocycles. The van der Waals surface area contributed by atoms with Gasteiger partial charge in [-0.25, -0.2) is 0 Å². The summed E-state index contributed by atoms with van der Waals surface area (Å²) in [6.45, 7) is 4.74. The molecule has 3 aromatic rings. The normalized spacial score (nSPS) is 10.5. The van der Waals surface area contributed by atoms with Crippen molar-refractivity contribution in [3.05, 3.63) is 83.2 Å². The van der Waals surface area contributed by atoms with Gasteiger partial charge in [-0.05, 0) is 31.5 Å². The summed E-state index contributed by atoms with van der Waals surface area (Å²) in [6.07, 6.45) is 3.51. The van der Waals surface area contributed by atoms with Crippen LogP contribution in [0.15, 0.2) is 60.9 Å². The summed E-state index contributed by atoms with van der Waals surface area (Å²) in [6, 6.07) is 15.8. The lowest BCUT2D eigenvalue weighted by Crippen LogP contribution is -2.11. The molecule has 23 heavy (non-hydrogen) atoms. The largest absolute Gasteiger partial charge is 0.319 e. The van der Waals surface area contributed by atoms with E-state index >= 15 is 0 Å². The van der Waals surface area contributed by atoms with Crippen LogP contribution in [-0.2, 0) is 6.54 Å². The van der Waals surface area contributed by atoms with Crippen molar-refractivity contribution in [1.82, 2.24) is 9.78 Å². The smallest absolute Gasteiger partial charge is 0.255 e. The van der Waals surface area contributed by atoms with Gasteiger partial charge < -0.3 is 5.32 Å². The Morgan fingerprint density at radius 3 is 2.26 bits per heavy atom. The Morgan fingerprint density at radius 2 is 1.61 bits per heavy atom. The molecule has 0 saturated carbocycles. The molecule has 4 nitrogen and oxygen atoms in total. The predicted octanol–water partition coefficient (Wildman–Crippen LogP) is 3.80. The number of aromatic nitrogens is 2. The van der Waals surface area contributed by atoms with E-state index in [0.29, 0.717) is 17.8 Å². The molecule has 1 N–H and O–H groups in total. The van der Waals surface area contributed by atoms with E-state index in [-0.39, 0.29) is 5.91 Å². The van der Waals surface area contributed by atoms with E-state index in [1.807, 2.05) is 42.1 Å². The number of anilines is 1. The van der Waals surface area contributed by atoms with Crippen molar-refractivity contribution in [3.63, 3.8) is 0 Å². The molecule has 0 fully saturated rings. The van der Waals surface area contributed by atoms with Crippen molar-refractivity contribution in [2.24, 2.45) is 0 Å². The lowest BCUT2D eigenvalue weighted by atomic mass is 10.1. The Hall–Kier alpha value is -2.88. The number of hydrogen-bond donors (Lipinski definition) is 1. The number of amides is 1. The zero-order chi connectivity index (χ0) is 16.2. The third-order valence-corrected chi connectivity index (χ3v) is 3.67. The molecule has 0 atom stereocenters. The van der Waals surface area contributed by atoms with Gasteiger partial charge in [-0.15, -0.1) is 0 Å². The van der Waals surface area contributed by atoms with Crippen LogP contribution in [0.4, 0.5) is 5.69 Å². The second kappa shape index (κ2) is 6.48. The average molecular weight is 305 g/mol. The van der Waals surface area contributed by atoms with E-state index < -0.39 is 0 Å². The molecule has 0 spiro atoms. The number of benzene rings is 2. The third kappa shape index (κ3) is 3.86. The Morgan fingerprint density at radius 1 is 1.00 bits per heavy atom. The minimum absolute atomic E-state index is 0.125. The fraction of sp³-hybridized carbons (Fsp3) is 0.158. The number of rotatable bonds is 4. The summed E-state index contributed by atoms with van der Waals surface area (Å²) in [5, 5.41) is 7.17. The molecule has 2 aromatic carbocycles. The SMILES string of the molecule is Cc1ccc(Cn2cc(NC(=O)c3ccc(C)cc3)cn2)cc1. The monoisotopic (exact) mass is 305 g/mol. The zero-order valence-corrected chi connectivity index (χ0v) is 13.3. The molecule has 0 unspecified atom stereocenters. The molecule has 0 bridgehead atoms. The summed E-state index contributed by atoms with van der Waals surface area (Å²) >= 11 is 0. The maximum atomic E-state index is 12.2. The molecule has 1 aromatic heterocycles. The highest BCUT2D eigenvalue weighted by atomic mass is 16.1. The lowest BCUT2D eigenvalue weighted by molar-refractivity contribution is 0.102. The molecule has 0 aliphatic carbocycles. The van der Waals surface area contributed by atoms with Gasteiger partial charge in [0.05, 0.1) is 18.4 Å². The Labute approximate surface area is 135 Å². The van der Waals surface area contributed by atoms with Crippen LogP contribution in [0.3, 0.4) is 0 Å². The second-order valence-electron chi connectivity index (χ2n) is 5.73. The van der Waals surface area contributed by atoms with Gasteiger partial charge >= 0.3 is 0 Å². The molecule has 0 radical (unpaired) electrons. The van der Waals surface area contributed by atoms with Crippen molar-refractivity contribution >= 4 is 11.6 Å². The summed E-state index contributed by atoms with van der Waals surface area (Å²) in [4.78, 5) is 12.2. The van der Waals surface area contributed by atoms with Crippen LogP contribution in [0.25, 0.3) is 0 Å². The Balaban J connectivity index is 1.66. The fourth-order valence-electron chi connectivity index (χ4n) is 2.30. The summed E-state index contributed by atoms with van der Waals surface area (Å²) in [5.74, 6) is -0.125. The van der Waals surface area contributed by atoms with E-state index in [9.17, 15) is 4.79 Å². The highest BCUT2D eigenvalue weighted by Gasteiger charge is 2.07. The second-order valence-corrected chi connectivity index (χ2v) is 5.73. The maximum absolute atomic E-state index is 12.2. The van der Waals surface area contributed by atoms with Crippen LogP contribution in [0.2, 0.25) is 0 Å². The predicted molar refractivity (Wildman–Crippen MR) is 91.6 cm³/mol. The van der Waals surface area contributed by atoms with Crippen molar-refractivity contribution in [3.8, 4) is 0 Å². The van der Waals surface area contributed by atoms with Crippen molar-refractivity contribution < 1.29 is 4.79 Å². The van der Waals surface area contributed by atoms with Crippen LogP contribution in [-0.4, -0.2) is 15.7 Å². The van der Waals surface area contributed by atoms with Gasteiger partial charge in [0.15, 0.2) is 0 Å². The summed E-state index contributed by atoms with van der Waals surface area (Å²) in [5.41, 5.74) is 4.88. The third-order valence-electron chi connectivity index (χ3n) is 3.67. The van der Waals surface area contributed by atoms with E-state index in [4.69, 9.17) is 0 Å². The van der Waals surface area contributed by atoms with E-state index in [2.05, 4.69) is 41.6 Å². The van der Waals surface area contributed by atoms with E-state index in [1.165, 1.54) is 11.1 Å².